The van der Waals surface area contributed by atoms with E-state index in [0.29, 0.717) is 33.6 Å². The summed E-state index contributed by atoms with van der Waals surface area (Å²) in [6.07, 6.45) is 0. The highest BCUT2D eigenvalue weighted by Crippen LogP contribution is 2.81. The summed E-state index contributed by atoms with van der Waals surface area (Å²) in [5, 5.41) is 16.1. The van der Waals surface area contributed by atoms with Gasteiger partial charge in [-0.15, -0.1) is 0 Å². The number of hydrazone groups is 2. The van der Waals surface area contributed by atoms with Gasteiger partial charge in [0.2, 0.25) is 10.8 Å². The number of rotatable bonds is 6. The van der Waals surface area contributed by atoms with Crippen LogP contribution in [0, 0.1) is 24.7 Å². The molecule has 0 amide bonds. The number of hydrogen-bond donors (Lipinski definition) is 0. The number of nitrogens with zero attached hydrogens (tertiary/aromatic N) is 4. The molecule has 4 aliphatic rings. The van der Waals surface area contributed by atoms with Crippen LogP contribution >= 0.6 is 0 Å². The highest BCUT2D eigenvalue weighted by atomic mass is 16.5. The molecule has 2 heterocycles. The Balaban J connectivity index is 1.51. The normalized spacial score (nSPS) is 25.4. The smallest absolute Gasteiger partial charge is 0.328 e. The van der Waals surface area contributed by atoms with Gasteiger partial charge < -0.3 is 9.47 Å². The molecule has 4 unspecified atom stereocenters. The van der Waals surface area contributed by atoms with Crippen LogP contribution in [0.5, 0.6) is 0 Å². The van der Waals surface area contributed by atoms with Gasteiger partial charge in [-0.25, -0.2) is 10.0 Å². The van der Waals surface area contributed by atoms with Gasteiger partial charge in [-0.1, -0.05) is 132 Å². The van der Waals surface area contributed by atoms with Crippen molar-refractivity contribution < 1.29 is 23.9 Å². The largest absolute Gasteiger partial charge is 0.468 e. The van der Waals surface area contributed by atoms with Crippen molar-refractivity contribution in [2.45, 2.75) is 24.9 Å². The Morgan fingerprint density at radius 3 is 1.29 bits per heavy atom. The van der Waals surface area contributed by atoms with Crippen molar-refractivity contribution in [1.29, 1.82) is 0 Å². The average Bonchev–Trinajstić information content (AvgIpc) is 3.88. The molecular formula is C47H36N4O5. The van der Waals surface area contributed by atoms with Gasteiger partial charge >= 0.3 is 11.9 Å². The first-order valence-electron chi connectivity index (χ1n) is 18.5. The molecule has 9 heteroatoms. The number of hydrogen-bond acceptors (Lipinski definition) is 9. The molecule has 10 rings (SSSR count). The standard InChI is InChI=1S/C47H36N4O5/c1-29-21-25-32(26-22-29)39-44(42(53)55-3)41(52)45(43(54)56-4)40(33-27-23-30(2)24-28-33)49-51(35-17-9-6-10-18-35)47(45)37-20-12-14-31-13-11-19-36(38(31)37)46(44,47)50(48-39)34-15-7-5-8-16-34/h5-28H,1-4H3. The maximum absolute atomic E-state index is 17.1. The molecule has 1 fully saturated rings. The second-order valence-electron chi connectivity index (χ2n) is 14.9. The van der Waals surface area contributed by atoms with Crippen molar-refractivity contribution in [3.8, 4) is 0 Å². The zero-order chi connectivity index (χ0) is 38.6. The molecule has 2 spiro atoms. The number of methoxy groups -OCH3 is 2. The predicted molar refractivity (Wildman–Crippen MR) is 214 cm³/mol. The summed E-state index contributed by atoms with van der Waals surface area (Å²) in [6, 6.07) is 45.9. The second-order valence-corrected chi connectivity index (χ2v) is 14.9. The van der Waals surface area contributed by atoms with Crippen LogP contribution in [-0.4, -0.2) is 43.4 Å². The highest BCUT2D eigenvalue weighted by molar-refractivity contribution is 6.46. The maximum Gasteiger partial charge on any atom is 0.328 e. The number of carbonyl (C=O) groups is 3. The van der Waals surface area contributed by atoms with Gasteiger partial charge in [-0.3, -0.25) is 14.4 Å². The minimum absolute atomic E-state index is 0.163. The quantitative estimate of drug-likeness (QED) is 0.128. The molecule has 56 heavy (non-hydrogen) atoms. The maximum atomic E-state index is 17.1. The van der Waals surface area contributed by atoms with Gasteiger partial charge in [-0.2, -0.15) is 10.2 Å². The van der Waals surface area contributed by atoms with Gasteiger partial charge in [0.25, 0.3) is 0 Å². The Kier molecular flexibility index (Phi) is 6.96. The van der Waals surface area contributed by atoms with Crippen LogP contribution in [0.2, 0.25) is 0 Å². The fourth-order valence-corrected chi connectivity index (χ4v) is 10.4. The fraction of sp³-hybridized carbons (Fsp3) is 0.170. The SMILES string of the molecule is COC(=O)C12C(=O)C3(C(=O)OC)C(c4ccc(C)cc4)=NN(c4ccccc4)C34c3cccc5cccc(c35)C14N(c1ccccc1)N=C2c1ccc(C)cc1. The van der Waals surface area contributed by atoms with Gasteiger partial charge in [-0.05, 0) is 71.1 Å². The van der Waals surface area contributed by atoms with Gasteiger partial charge in [0.15, 0.2) is 5.78 Å². The lowest BCUT2D eigenvalue weighted by Gasteiger charge is -2.53. The summed E-state index contributed by atoms with van der Waals surface area (Å²) in [5.74, 6) is -2.43. The lowest BCUT2D eigenvalue weighted by atomic mass is 9.58. The minimum atomic E-state index is -2.28. The van der Waals surface area contributed by atoms with Crippen LogP contribution in [0.15, 0.2) is 156 Å². The zero-order valence-electron chi connectivity index (χ0n) is 31.2. The summed E-state index contributed by atoms with van der Waals surface area (Å²) < 4.78 is 11.8. The highest BCUT2D eigenvalue weighted by Gasteiger charge is 2.99. The van der Waals surface area contributed by atoms with E-state index < -0.39 is 39.6 Å². The third-order valence-electron chi connectivity index (χ3n) is 12.4. The van der Waals surface area contributed by atoms with Crippen molar-refractivity contribution in [3.05, 3.63) is 179 Å². The van der Waals surface area contributed by atoms with Crippen LogP contribution in [0.1, 0.15) is 33.4 Å². The van der Waals surface area contributed by atoms with E-state index in [0.717, 1.165) is 21.9 Å². The Bertz CT molecular complexity index is 2530. The van der Waals surface area contributed by atoms with E-state index in [9.17, 15) is 0 Å². The molecule has 9 nitrogen and oxygen atoms in total. The number of ketones is 1. The van der Waals surface area contributed by atoms with Crippen LogP contribution in [0.4, 0.5) is 11.4 Å². The van der Waals surface area contributed by atoms with E-state index in [1.807, 2.05) is 159 Å². The third kappa shape index (κ3) is 3.55. The molecule has 0 aromatic heterocycles. The number of ether oxygens (including phenoxy) is 2. The molecule has 2 aliphatic heterocycles. The van der Waals surface area contributed by atoms with E-state index in [1.165, 1.54) is 14.2 Å². The van der Waals surface area contributed by atoms with Gasteiger partial charge in [0, 0.05) is 0 Å². The lowest BCUT2D eigenvalue weighted by Crippen LogP contribution is -2.69. The number of anilines is 2. The first-order chi connectivity index (χ1) is 27.3. The molecule has 6 aromatic carbocycles. The van der Waals surface area contributed by atoms with Crippen molar-refractivity contribution in [2.24, 2.45) is 21.0 Å². The lowest BCUT2D eigenvalue weighted by molar-refractivity contribution is -0.158. The number of Topliss-reactive ketones (excluding diaryl/α,β-unsaturated/α-hetero) is 1. The first-order valence-corrected chi connectivity index (χ1v) is 18.5. The summed E-state index contributed by atoms with van der Waals surface area (Å²) in [4.78, 5) is 48.5. The number of esters is 2. The zero-order valence-corrected chi connectivity index (χ0v) is 31.2. The fourth-order valence-electron chi connectivity index (χ4n) is 10.4. The molecule has 1 saturated carbocycles. The van der Waals surface area contributed by atoms with Crippen LogP contribution in [0.3, 0.4) is 0 Å². The molecule has 6 aromatic rings. The Morgan fingerprint density at radius 1 is 0.518 bits per heavy atom. The predicted octanol–water partition coefficient (Wildman–Crippen LogP) is 7.61. The van der Waals surface area contributed by atoms with Gasteiger partial charge in [0.1, 0.15) is 11.1 Å². The first kappa shape index (κ1) is 33.7. The molecule has 274 valence electrons. The molecule has 0 bridgehead atoms. The number of benzene rings is 6. The average molecular weight is 737 g/mol. The number of aryl methyl sites for hydroxylation is 2. The summed E-state index contributed by atoms with van der Waals surface area (Å²) >= 11 is 0. The summed E-state index contributed by atoms with van der Waals surface area (Å²) in [5.41, 5.74) is -2.47. The minimum Gasteiger partial charge on any atom is -0.468 e. The van der Waals surface area contributed by atoms with Crippen LogP contribution in [0.25, 0.3) is 10.8 Å². The molecule has 0 radical (unpaired) electrons. The molecular weight excluding hydrogens is 701 g/mol. The second kappa shape index (κ2) is 11.6. The van der Waals surface area contributed by atoms with E-state index in [-0.39, 0.29) is 11.4 Å². The summed E-state index contributed by atoms with van der Waals surface area (Å²) in [7, 11) is 2.57. The third-order valence-corrected chi connectivity index (χ3v) is 12.4. The Morgan fingerprint density at radius 2 is 0.911 bits per heavy atom. The van der Waals surface area contributed by atoms with Crippen LogP contribution < -0.4 is 10.0 Å². The molecule has 0 N–H and O–H groups in total. The monoisotopic (exact) mass is 736 g/mol. The van der Waals surface area contributed by atoms with Crippen molar-refractivity contribution in [2.75, 3.05) is 24.2 Å². The molecule has 2 aliphatic carbocycles. The van der Waals surface area contributed by atoms with Crippen molar-refractivity contribution in [1.82, 2.24) is 0 Å². The summed E-state index contributed by atoms with van der Waals surface area (Å²) in [6.45, 7) is 3.94. The molecule has 4 atom stereocenters. The molecule has 0 saturated heterocycles. The van der Waals surface area contributed by atoms with E-state index in [4.69, 9.17) is 19.7 Å². The Labute approximate surface area is 323 Å². The number of carbonyl (C=O) groups excluding carboxylic acids is 3. The van der Waals surface area contributed by atoms with E-state index in [2.05, 4.69) is 0 Å². The topological polar surface area (TPSA) is 101 Å². The van der Waals surface area contributed by atoms with Gasteiger partial charge in [0.05, 0.1) is 37.0 Å². The Hall–Kier alpha value is -6.87. The number of para-hydroxylation sites is 2. The van der Waals surface area contributed by atoms with Crippen molar-refractivity contribution in [3.63, 3.8) is 0 Å². The van der Waals surface area contributed by atoms with Crippen LogP contribution in [-0.2, 0) is 34.9 Å². The van der Waals surface area contributed by atoms with E-state index >= 15 is 14.4 Å². The van der Waals surface area contributed by atoms with E-state index in [1.54, 1.807) is 10.0 Å². The van der Waals surface area contributed by atoms with Crippen molar-refractivity contribution >= 4 is 51.3 Å².